The van der Waals surface area contributed by atoms with Crippen molar-refractivity contribution in [1.82, 2.24) is 15.5 Å². The smallest absolute Gasteiger partial charge is 0.191 e. The molecule has 0 aromatic heterocycles. The number of hydrogen-bond acceptors (Lipinski definition) is 2. The van der Waals surface area contributed by atoms with Crippen LogP contribution in [0.4, 0.5) is 0 Å². The van der Waals surface area contributed by atoms with Crippen LogP contribution in [0.15, 0.2) is 41.9 Å². The van der Waals surface area contributed by atoms with Crippen LogP contribution in [0.3, 0.4) is 0 Å². The predicted octanol–water partition coefficient (Wildman–Crippen LogP) is 3.30. The van der Waals surface area contributed by atoms with Crippen LogP contribution in [0.5, 0.6) is 0 Å². The zero-order valence-corrected chi connectivity index (χ0v) is 15.1. The summed E-state index contributed by atoms with van der Waals surface area (Å²) < 4.78 is 0. The minimum absolute atomic E-state index is 0.695. The molecule has 2 N–H and O–H groups in total. The Bertz CT molecular complexity index is 516. The first-order valence-electron chi connectivity index (χ1n) is 9.25. The van der Waals surface area contributed by atoms with Crippen molar-refractivity contribution in [2.45, 2.75) is 45.7 Å². The number of likely N-dealkylation sites (tertiary alicyclic amines) is 1. The SMILES string of the molecule is C=CCNC(=NCc1cccc(CN2CCCCCC2)c1)NCC. The summed E-state index contributed by atoms with van der Waals surface area (Å²) in [4.78, 5) is 7.25. The van der Waals surface area contributed by atoms with Gasteiger partial charge in [0.1, 0.15) is 0 Å². The summed E-state index contributed by atoms with van der Waals surface area (Å²) in [6, 6.07) is 8.85. The minimum atomic E-state index is 0.695. The lowest BCUT2D eigenvalue weighted by atomic mass is 10.1. The van der Waals surface area contributed by atoms with Crippen LogP contribution in [0.1, 0.15) is 43.7 Å². The molecule has 1 saturated heterocycles. The molecule has 0 bridgehead atoms. The first-order valence-corrected chi connectivity index (χ1v) is 9.25. The van der Waals surface area contributed by atoms with E-state index in [1.54, 1.807) is 0 Å². The van der Waals surface area contributed by atoms with E-state index in [-0.39, 0.29) is 0 Å². The molecule has 1 aliphatic heterocycles. The highest BCUT2D eigenvalue weighted by Crippen LogP contribution is 2.14. The van der Waals surface area contributed by atoms with Crippen molar-refractivity contribution in [2.75, 3.05) is 26.2 Å². The number of guanidine groups is 1. The Hall–Kier alpha value is -1.81. The second-order valence-electron chi connectivity index (χ2n) is 6.38. The summed E-state index contributed by atoms with van der Waals surface area (Å²) in [5.41, 5.74) is 2.66. The van der Waals surface area contributed by atoms with Crippen LogP contribution >= 0.6 is 0 Å². The van der Waals surface area contributed by atoms with Gasteiger partial charge in [0.25, 0.3) is 0 Å². The van der Waals surface area contributed by atoms with E-state index in [4.69, 9.17) is 0 Å². The zero-order valence-electron chi connectivity index (χ0n) is 15.1. The number of rotatable bonds is 7. The molecule has 0 atom stereocenters. The molecule has 0 radical (unpaired) electrons. The Kier molecular flexibility index (Phi) is 8.39. The molecule has 2 rings (SSSR count). The van der Waals surface area contributed by atoms with Gasteiger partial charge in [0.15, 0.2) is 5.96 Å². The van der Waals surface area contributed by atoms with E-state index < -0.39 is 0 Å². The molecule has 0 saturated carbocycles. The van der Waals surface area contributed by atoms with Gasteiger partial charge in [-0.1, -0.05) is 43.2 Å². The Morgan fingerprint density at radius 1 is 1.17 bits per heavy atom. The maximum Gasteiger partial charge on any atom is 0.191 e. The van der Waals surface area contributed by atoms with E-state index in [0.717, 1.165) is 25.6 Å². The molecular weight excluding hydrogens is 296 g/mol. The number of benzene rings is 1. The van der Waals surface area contributed by atoms with Crippen LogP contribution in [-0.4, -0.2) is 37.0 Å². The summed E-state index contributed by atoms with van der Waals surface area (Å²) in [5.74, 6) is 0.843. The van der Waals surface area contributed by atoms with Gasteiger partial charge in [-0.3, -0.25) is 4.90 Å². The number of nitrogens with one attached hydrogen (secondary N) is 2. The third-order valence-corrected chi connectivity index (χ3v) is 4.27. The van der Waals surface area contributed by atoms with Crippen molar-refractivity contribution in [1.29, 1.82) is 0 Å². The number of hydrogen-bond donors (Lipinski definition) is 2. The lowest BCUT2D eigenvalue weighted by Gasteiger charge is -2.20. The fraction of sp³-hybridized carbons (Fsp3) is 0.550. The third kappa shape index (κ3) is 6.75. The molecule has 1 aromatic carbocycles. The Morgan fingerprint density at radius 2 is 1.92 bits per heavy atom. The molecular formula is C20H32N4. The highest BCUT2D eigenvalue weighted by Gasteiger charge is 2.09. The molecule has 0 aliphatic carbocycles. The molecule has 1 fully saturated rings. The summed E-state index contributed by atoms with van der Waals surface area (Å²) in [7, 11) is 0. The summed E-state index contributed by atoms with van der Waals surface area (Å²) in [6.07, 6.45) is 7.29. The topological polar surface area (TPSA) is 39.7 Å². The molecule has 1 aliphatic rings. The van der Waals surface area contributed by atoms with Gasteiger partial charge in [-0.2, -0.15) is 0 Å². The number of aliphatic imine (C=N–C) groups is 1. The van der Waals surface area contributed by atoms with Gasteiger partial charge in [0.2, 0.25) is 0 Å². The van der Waals surface area contributed by atoms with Gasteiger partial charge >= 0.3 is 0 Å². The Morgan fingerprint density at radius 3 is 2.62 bits per heavy atom. The Labute approximate surface area is 147 Å². The molecule has 0 spiro atoms. The van der Waals surface area contributed by atoms with Crippen LogP contribution in [0.2, 0.25) is 0 Å². The maximum atomic E-state index is 4.66. The molecule has 1 aromatic rings. The van der Waals surface area contributed by atoms with E-state index in [1.165, 1.54) is 49.9 Å². The average molecular weight is 329 g/mol. The van der Waals surface area contributed by atoms with Crippen molar-refractivity contribution in [3.05, 3.63) is 48.0 Å². The second kappa shape index (κ2) is 10.9. The van der Waals surface area contributed by atoms with E-state index in [2.05, 4.69) is 58.3 Å². The van der Waals surface area contributed by atoms with Crippen molar-refractivity contribution < 1.29 is 0 Å². The lowest BCUT2D eigenvalue weighted by molar-refractivity contribution is 0.277. The van der Waals surface area contributed by atoms with Gasteiger partial charge in [-0.25, -0.2) is 4.99 Å². The third-order valence-electron chi connectivity index (χ3n) is 4.27. The first kappa shape index (κ1) is 18.5. The molecule has 24 heavy (non-hydrogen) atoms. The van der Waals surface area contributed by atoms with E-state index >= 15 is 0 Å². The second-order valence-corrected chi connectivity index (χ2v) is 6.38. The minimum Gasteiger partial charge on any atom is -0.357 e. The van der Waals surface area contributed by atoms with Gasteiger partial charge in [-0.05, 0) is 44.0 Å². The van der Waals surface area contributed by atoms with Gasteiger partial charge in [-0.15, -0.1) is 6.58 Å². The monoisotopic (exact) mass is 328 g/mol. The van der Waals surface area contributed by atoms with Gasteiger partial charge in [0.05, 0.1) is 6.54 Å². The molecule has 132 valence electrons. The average Bonchev–Trinajstić information content (AvgIpc) is 2.86. The molecule has 4 heteroatoms. The standard InChI is InChI=1S/C20H32N4/c1-3-12-22-20(21-4-2)23-16-18-10-9-11-19(15-18)17-24-13-7-5-6-8-14-24/h3,9-11,15H,1,4-8,12-14,16-17H2,2H3,(H2,21,22,23). The quantitative estimate of drug-likeness (QED) is 0.458. The molecule has 0 amide bonds. The van der Waals surface area contributed by atoms with Crippen LogP contribution in [0, 0.1) is 0 Å². The fourth-order valence-electron chi connectivity index (χ4n) is 3.06. The van der Waals surface area contributed by atoms with Crippen molar-refractivity contribution >= 4 is 5.96 Å². The van der Waals surface area contributed by atoms with Crippen molar-refractivity contribution in [3.8, 4) is 0 Å². The lowest BCUT2D eigenvalue weighted by Crippen LogP contribution is -2.37. The summed E-state index contributed by atoms with van der Waals surface area (Å²) in [5, 5.41) is 6.50. The maximum absolute atomic E-state index is 4.66. The van der Waals surface area contributed by atoms with E-state index in [9.17, 15) is 0 Å². The molecule has 4 nitrogen and oxygen atoms in total. The van der Waals surface area contributed by atoms with Crippen LogP contribution in [-0.2, 0) is 13.1 Å². The zero-order chi connectivity index (χ0) is 17.0. The summed E-state index contributed by atoms with van der Waals surface area (Å²) in [6.45, 7) is 11.6. The van der Waals surface area contributed by atoms with Crippen molar-refractivity contribution in [3.63, 3.8) is 0 Å². The van der Waals surface area contributed by atoms with E-state index in [0.29, 0.717) is 6.54 Å². The number of nitrogens with zero attached hydrogens (tertiary/aromatic N) is 2. The first-order chi connectivity index (χ1) is 11.8. The molecule has 1 heterocycles. The summed E-state index contributed by atoms with van der Waals surface area (Å²) >= 11 is 0. The predicted molar refractivity (Wildman–Crippen MR) is 103 cm³/mol. The highest BCUT2D eigenvalue weighted by atomic mass is 15.2. The van der Waals surface area contributed by atoms with Gasteiger partial charge < -0.3 is 10.6 Å². The van der Waals surface area contributed by atoms with Crippen LogP contribution in [0.25, 0.3) is 0 Å². The van der Waals surface area contributed by atoms with Crippen LogP contribution < -0.4 is 10.6 Å². The highest BCUT2D eigenvalue weighted by molar-refractivity contribution is 5.79. The normalized spacial score (nSPS) is 16.5. The van der Waals surface area contributed by atoms with Gasteiger partial charge in [0, 0.05) is 19.6 Å². The fourth-order valence-corrected chi connectivity index (χ4v) is 3.06. The molecule has 0 unspecified atom stereocenters. The van der Waals surface area contributed by atoms with E-state index in [1.807, 2.05) is 6.08 Å². The Balaban J connectivity index is 1.94. The largest absolute Gasteiger partial charge is 0.357 e. The van der Waals surface area contributed by atoms with Crippen molar-refractivity contribution in [2.24, 2.45) is 4.99 Å².